The maximum atomic E-state index is 12.5. The van der Waals surface area contributed by atoms with Crippen molar-refractivity contribution in [2.75, 3.05) is 13.4 Å². The van der Waals surface area contributed by atoms with Gasteiger partial charge in [-0.3, -0.25) is 4.79 Å². The summed E-state index contributed by atoms with van der Waals surface area (Å²) in [6, 6.07) is 5.40. The van der Waals surface area contributed by atoms with E-state index < -0.39 is 18.5 Å². The van der Waals surface area contributed by atoms with Crippen LogP contribution in [0.25, 0.3) is 5.78 Å². The third kappa shape index (κ3) is 3.82. The number of amides is 1. The van der Waals surface area contributed by atoms with E-state index in [1.165, 1.54) is 17.0 Å². The summed E-state index contributed by atoms with van der Waals surface area (Å²) >= 11 is 0. The number of hydrogen-bond donors (Lipinski definition) is 1. The molecule has 1 aliphatic heterocycles. The highest BCUT2D eigenvalue weighted by Gasteiger charge is 2.21. The summed E-state index contributed by atoms with van der Waals surface area (Å²) in [5.74, 6) is 0.623. The first-order valence-corrected chi connectivity index (χ1v) is 9.04. The van der Waals surface area contributed by atoms with Crippen molar-refractivity contribution >= 4 is 17.7 Å². The molecule has 1 aliphatic rings. The third-order valence-corrected chi connectivity index (χ3v) is 4.37. The average Bonchev–Trinajstić information content (AvgIpc) is 3.37. The number of esters is 1. The van der Waals surface area contributed by atoms with E-state index in [1.54, 1.807) is 12.1 Å². The van der Waals surface area contributed by atoms with Crippen LogP contribution < -0.4 is 14.8 Å². The van der Waals surface area contributed by atoms with Crippen molar-refractivity contribution in [1.29, 1.82) is 0 Å². The van der Waals surface area contributed by atoms with E-state index >= 15 is 0 Å². The Balaban J connectivity index is 1.36. The molecule has 150 valence electrons. The lowest BCUT2D eigenvalue weighted by Gasteiger charge is -2.13. The lowest BCUT2D eigenvalue weighted by atomic mass is 10.1. The van der Waals surface area contributed by atoms with Gasteiger partial charge in [-0.15, -0.1) is 0 Å². The molecule has 0 bridgehead atoms. The van der Waals surface area contributed by atoms with Crippen molar-refractivity contribution < 1.29 is 23.8 Å². The van der Waals surface area contributed by atoms with Crippen molar-refractivity contribution in [1.82, 2.24) is 24.9 Å². The molecule has 0 radical (unpaired) electrons. The maximum Gasteiger partial charge on any atom is 0.342 e. The van der Waals surface area contributed by atoms with Crippen molar-refractivity contribution in [3.8, 4) is 11.5 Å². The van der Waals surface area contributed by atoms with Gasteiger partial charge in [-0.2, -0.15) is 10.1 Å². The van der Waals surface area contributed by atoms with Crippen molar-refractivity contribution in [2.24, 2.45) is 0 Å². The van der Waals surface area contributed by atoms with Crippen LogP contribution in [0.3, 0.4) is 0 Å². The lowest BCUT2D eigenvalue weighted by molar-refractivity contribution is -0.124. The Morgan fingerprint density at radius 1 is 1.24 bits per heavy atom. The summed E-state index contributed by atoms with van der Waals surface area (Å²) in [4.78, 5) is 32.7. The summed E-state index contributed by atoms with van der Waals surface area (Å²) < 4.78 is 17.2. The Morgan fingerprint density at radius 3 is 2.90 bits per heavy atom. The smallest absolute Gasteiger partial charge is 0.342 e. The van der Waals surface area contributed by atoms with E-state index in [0.717, 1.165) is 5.56 Å². The molecule has 10 nitrogen and oxygen atoms in total. The molecule has 0 unspecified atom stereocenters. The fraction of sp³-hybridized carbons (Fsp3) is 0.316. The number of nitrogens with zero attached hydrogens (tertiary/aromatic N) is 4. The Hall–Kier alpha value is -3.69. The zero-order chi connectivity index (χ0) is 20.4. The molecule has 3 heterocycles. The molecule has 29 heavy (non-hydrogen) atoms. The largest absolute Gasteiger partial charge is 0.454 e. The normalized spacial score (nSPS) is 12.4. The van der Waals surface area contributed by atoms with Gasteiger partial charge in [0.15, 0.2) is 18.1 Å². The van der Waals surface area contributed by atoms with Gasteiger partial charge < -0.3 is 19.5 Å². The number of carbonyl (C=O) groups excluding carboxylic acids is 2. The van der Waals surface area contributed by atoms with Crippen LogP contribution in [0.4, 0.5) is 0 Å². The van der Waals surface area contributed by atoms with E-state index in [4.69, 9.17) is 14.2 Å². The predicted molar refractivity (Wildman–Crippen MR) is 99.6 cm³/mol. The van der Waals surface area contributed by atoms with Gasteiger partial charge in [0, 0.05) is 12.7 Å². The molecule has 0 fully saturated rings. The Morgan fingerprint density at radius 2 is 2.07 bits per heavy atom. The van der Waals surface area contributed by atoms with Crippen LogP contribution in [0.1, 0.15) is 41.4 Å². The number of nitrogens with one attached hydrogen (secondary N) is 1. The molecular weight excluding hydrogens is 378 g/mol. The minimum absolute atomic E-state index is 0.0235. The molecule has 1 N–H and O–H groups in total. The molecule has 1 amide bonds. The highest BCUT2D eigenvalue weighted by atomic mass is 16.7. The van der Waals surface area contributed by atoms with Crippen LogP contribution in [0.2, 0.25) is 0 Å². The highest BCUT2D eigenvalue weighted by molar-refractivity contribution is 5.92. The van der Waals surface area contributed by atoms with Gasteiger partial charge in [-0.25, -0.2) is 14.3 Å². The second kappa shape index (κ2) is 7.74. The van der Waals surface area contributed by atoms with Crippen LogP contribution in [-0.4, -0.2) is 44.9 Å². The number of benzene rings is 1. The van der Waals surface area contributed by atoms with E-state index in [-0.39, 0.29) is 24.8 Å². The molecule has 0 saturated heterocycles. The maximum absolute atomic E-state index is 12.5. The molecule has 0 aliphatic carbocycles. The van der Waals surface area contributed by atoms with Crippen LogP contribution in [0.15, 0.2) is 30.7 Å². The first kappa shape index (κ1) is 18.7. The summed E-state index contributed by atoms with van der Waals surface area (Å²) in [6.07, 6.45) is 2.76. The molecule has 2 aromatic heterocycles. The third-order valence-electron chi connectivity index (χ3n) is 4.37. The van der Waals surface area contributed by atoms with Gasteiger partial charge in [-0.05, 0) is 23.6 Å². The molecule has 4 rings (SSSR count). The van der Waals surface area contributed by atoms with E-state index in [1.807, 2.05) is 19.9 Å². The fourth-order valence-corrected chi connectivity index (χ4v) is 3.02. The van der Waals surface area contributed by atoms with Gasteiger partial charge in [0.25, 0.3) is 11.7 Å². The van der Waals surface area contributed by atoms with Crippen molar-refractivity contribution in [3.05, 3.63) is 47.5 Å². The number of ether oxygens (including phenoxy) is 3. The van der Waals surface area contributed by atoms with Crippen molar-refractivity contribution in [2.45, 2.75) is 26.3 Å². The van der Waals surface area contributed by atoms with Gasteiger partial charge >= 0.3 is 5.97 Å². The summed E-state index contributed by atoms with van der Waals surface area (Å²) in [5, 5.41) is 6.81. The highest BCUT2D eigenvalue weighted by Crippen LogP contribution is 2.32. The van der Waals surface area contributed by atoms with Gasteiger partial charge in [0.05, 0.1) is 11.3 Å². The molecule has 0 atom stereocenters. The SMILES string of the molecule is CC(C)c1c(C(=O)OCC(=O)NCc2ccc3c(c2)OCO3)cnc2ncnn12. The molecule has 1 aromatic carbocycles. The Bertz CT molecular complexity index is 1080. The molecule has 10 heteroatoms. The van der Waals surface area contributed by atoms with Crippen LogP contribution >= 0.6 is 0 Å². The van der Waals surface area contributed by atoms with Crippen molar-refractivity contribution in [3.63, 3.8) is 0 Å². The summed E-state index contributed by atoms with van der Waals surface area (Å²) in [5.41, 5.74) is 1.72. The Labute approximate surface area is 165 Å². The first-order chi connectivity index (χ1) is 14.0. The quantitative estimate of drug-likeness (QED) is 0.621. The fourth-order valence-electron chi connectivity index (χ4n) is 3.02. The topological polar surface area (TPSA) is 117 Å². The van der Waals surface area contributed by atoms with E-state index in [2.05, 4.69) is 20.4 Å². The number of aromatic nitrogens is 4. The number of carbonyl (C=O) groups is 2. The molecular formula is C19H19N5O5. The molecule has 0 spiro atoms. The zero-order valence-electron chi connectivity index (χ0n) is 15.9. The standard InChI is InChI=1S/C19H19N5O5/c1-11(2)17-13(7-21-19-22-9-23-24(17)19)18(26)27-8-16(25)20-6-12-3-4-14-15(5-12)29-10-28-14/h3-5,7,9,11H,6,8,10H2,1-2H3,(H,20,25). The molecule has 0 saturated carbocycles. The predicted octanol–water partition coefficient (Wildman–Crippen LogP) is 1.45. The average molecular weight is 397 g/mol. The van der Waals surface area contributed by atoms with Gasteiger partial charge in [0.2, 0.25) is 6.79 Å². The second-order valence-electron chi connectivity index (χ2n) is 6.72. The minimum Gasteiger partial charge on any atom is -0.454 e. The zero-order valence-corrected chi connectivity index (χ0v) is 15.9. The van der Waals surface area contributed by atoms with Gasteiger partial charge in [0.1, 0.15) is 6.33 Å². The lowest BCUT2D eigenvalue weighted by Crippen LogP contribution is -2.28. The number of hydrogen-bond acceptors (Lipinski definition) is 8. The van der Waals surface area contributed by atoms with Crippen LogP contribution in [0, 0.1) is 0 Å². The number of rotatable bonds is 6. The Kier molecular flexibility index (Phi) is 4.98. The number of fused-ring (bicyclic) bond motifs is 2. The van der Waals surface area contributed by atoms with E-state index in [9.17, 15) is 9.59 Å². The van der Waals surface area contributed by atoms with E-state index in [0.29, 0.717) is 23.0 Å². The molecule has 3 aromatic rings. The monoisotopic (exact) mass is 397 g/mol. The second-order valence-corrected chi connectivity index (χ2v) is 6.72. The minimum atomic E-state index is -0.642. The van der Waals surface area contributed by atoms with Crippen LogP contribution in [0.5, 0.6) is 11.5 Å². The van der Waals surface area contributed by atoms with Gasteiger partial charge in [-0.1, -0.05) is 19.9 Å². The summed E-state index contributed by atoms with van der Waals surface area (Å²) in [6.45, 7) is 3.90. The summed E-state index contributed by atoms with van der Waals surface area (Å²) in [7, 11) is 0. The van der Waals surface area contributed by atoms with Crippen LogP contribution in [-0.2, 0) is 16.1 Å². The first-order valence-electron chi connectivity index (χ1n) is 9.04.